The molecule has 1 aromatic heterocycles. The third-order valence-electron chi connectivity index (χ3n) is 2.90. The SMILES string of the molecule is CCCC(C)(C)CNC(=O)c1ccc(C(=O)O)cn1. The highest BCUT2D eigenvalue weighted by molar-refractivity contribution is 5.93. The Bertz CT molecular complexity index is 452. The number of carboxylic acids is 1. The summed E-state index contributed by atoms with van der Waals surface area (Å²) in [5.74, 6) is -1.33. The van der Waals surface area contributed by atoms with Crippen LogP contribution in [0.4, 0.5) is 0 Å². The first-order valence-electron chi connectivity index (χ1n) is 6.33. The zero-order valence-electron chi connectivity index (χ0n) is 11.6. The molecule has 0 unspecified atom stereocenters. The van der Waals surface area contributed by atoms with E-state index in [4.69, 9.17) is 5.11 Å². The monoisotopic (exact) mass is 264 g/mol. The number of carbonyl (C=O) groups excluding carboxylic acids is 1. The Morgan fingerprint density at radius 2 is 2.05 bits per heavy atom. The molecule has 0 atom stereocenters. The first-order chi connectivity index (χ1) is 8.85. The third kappa shape index (κ3) is 4.69. The van der Waals surface area contributed by atoms with Crippen molar-refractivity contribution in [2.75, 3.05) is 6.54 Å². The van der Waals surface area contributed by atoms with Gasteiger partial charge in [0.15, 0.2) is 0 Å². The summed E-state index contributed by atoms with van der Waals surface area (Å²) < 4.78 is 0. The van der Waals surface area contributed by atoms with Crippen molar-refractivity contribution in [1.29, 1.82) is 0 Å². The maximum absolute atomic E-state index is 11.9. The Labute approximate surface area is 113 Å². The normalized spacial score (nSPS) is 11.1. The minimum atomic E-state index is -1.05. The molecule has 104 valence electrons. The highest BCUT2D eigenvalue weighted by Gasteiger charge is 2.18. The Morgan fingerprint density at radius 3 is 2.53 bits per heavy atom. The largest absolute Gasteiger partial charge is 0.478 e. The summed E-state index contributed by atoms with van der Waals surface area (Å²) in [4.78, 5) is 26.4. The average molecular weight is 264 g/mol. The second-order valence-corrected chi connectivity index (χ2v) is 5.33. The number of carbonyl (C=O) groups is 2. The van der Waals surface area contributed by atoms with Crippen LogP contribution in [0, 0.1) is 5.41 Å². The van der Waals surface area contributed by atoms with Crippen LogP contribution in [0.15, 0.2) is 18.3 Å². The van der Waals surface area contributed by atoms with E-state index in [0.29, 0.717) is 6.54 Å². The number of rotatable bonds is 6. The molecule has 0 radical (unpaired) electrons. The molecule has 0 fully saturated rings. The first kappa shape index (κ1) is 15.1. The number of carboxylic acid groups (broad SMARTS) is 1. The Morgan fingerprint density at radius 1 is 1.37 bits per heavy atom. The molecule has 19 heavy (non-hydrogen) atoms. The van der Waals surface area contributed by atoms with Gasteiger partial charge in [0.05, 0.1) is 5.56 Å². The maximum Gasteiger partial charge on any atom is 0.337 e. The zero-order chi connectivity index (χ0) is 14.5. The van der Waals surface area contributed by atoms with E-state index < -0.39 is 5.97 Å². The van der Waals surface area contributed by atoms with Crippen LogP contribution in [-0.4, -0.2) is 28.5 Å². The van der Waals surface area contributed by atoms with E-state index in [1.165, 1.54) is 18.3 Å². The number of hydrogen-bond acceptors (Lipinski definition) is 3. The fourth-order valence-corrected chi connectivity index (χ4v) is 1.83. The number of pyridine rings is 1. The number of amides is 1. The van der Waals surface area contributed by atoms with Crippen LogP contribution in [0.3, 0.4) is 0 Å². The van der Waals surface area contributed by atoms with Crippen molar-refractivity contribution in [1.82, 2.24) is 10.3 Å². The van der Waals surface area contributed by atoms with E-state index >= 15 is 0 Å². The molecular formula is C14H20N2O3. The minimum Gasteiger partial charge on any atom is -0.478 e. The number of aromatic nitrogens is 1. The van der Waals surface area contributed by atoms with Crippen molar-refractivity contribution >= 4 is 11.9 Å². The highest BCUT2D eigenvalue weighted by atomic mass is 16.4. The molecule has 0 saturated carbocycles. The topological polar surface area (TPSA) is 79.3 Å². The minimum absolute atomic E-state index is 0.0470. The van der Waals surface area contributed by atoms with Crippen molar-refractivity contribution in [3.05, 3.63) is 29.6 Å². The molecule has 0 aliphatic carbocycles. The lowest BCUT2D eigenvalue weighted by Crippen LogP contribution is -2.34. The smallest absolute Gasteiger partial charge is 0.337 e. The van der Waals surface area contributed by atoms with Crippen molar-refractivity contribution in [3.63, 3.8) is 0 Å². The van der Waals surface area contributed by atoms with Crippen molar-refractivity contribution in [2.45, 2.75) is 33.6 Å². The molecule has 2 N–H and O–H groups in total. The van der Waals surface area contributed by atoms with Crippen LogP contribution in [0.2, 0.25) is 0 Å². The molecule has 1 amide bonds. The standard InChI is InChI=1S/C14H20N2O3/c1-4-7-14(2,3)9-16-12(17)11-6-5-10(8-15-11)13(18)19/h5-6,8H,4,7,9H2,1-3H3,(H,16,17)(H,18,19). The molecular weight excluding hydrogens is 244 g/mol. The summed E-state index contributed by atoms with van der Waals surface area (Å²) in [5.41, 5.74) is 0.353. The summed E-state index contributed by atoms with van der Waals surface area (Å²) in [5, 5.41) is 11.6. The lowest BCUT2D eigenvalue weighted by molar-refractivity contribution is 0.0695. The Kier molecular flexibility index (Phi) is 5.03. The molecule has 0 bridgehead atoms. The molecule has 0 spiro atoms. The van der Waals surface area contributed by atoms with Crippen LogP contribution in [0.5, 0.6) is 0 Å². The van der Waals surface area contributed by atoms with Gasteiger partial charge in [-0.05, 0) is 24.0 Å². The van der Waals surface area contributed by atoms with E-state index in [-0.39, 0.29) is 22.6 Å². The number of nitrogens with zero attached hydrogens (tertiary/aromatic N) is 1. The van der Waals surface area contributed by atoms with Crippen molar-refractivity contribution in [3.8, 4) is 0 Å². The lowest BCUT2D eigenvalue weighted by Gasteiger charge is -2.24. The zero-order valence-corrected chi connectivity index (χ0v) is 11.6. The van der Waals surface area contributed by atoms with Gasteiger partial charge >= 0.3 is 5.97 Å². The molecule has 0 aliphatic rings. The van der Waals surface area contributed by atoms with Crippen molar-refractivity contribution in [2.24, 2.45) is 5.41 Å². The van der Waals surface area contributed by atoms with Crippen LogP contribution >= 0.6 is 0 Å². The Hall–Kier alpha value is -1.91. The van der Waals surface area contributed by atoms with E-state index in [9.17, 15) is 9.59 Å². The lowest BCUT2D eigenvalue weighted by atomic mass is 9.88. The maximum atomic E-state index is 11.9. The summed E-state index contributed by atoms with van der Waals surface area (Å²) in [6.07, 6.45) is 3.28. The van der Waals surface area contributed by atoms with Crippen LogP contribution < -0.4 is 5.32 Å². The van der Waals surface area contributed by atoms with Crippen LogP contribution in [-0.2, 0) is 0 Å². The number of aromatic carboxylic acids is 1. The molecule has 5 heteroatoms. The molecule has 0 saturated heterocycles. The van der Waals surface area contributed by atoms with Crippen molar-refractivity contribution < 1.29 is 14.7 Å². The van der Waals surface area contributed by atoms with Crippen LogP contribution in [0.1, 0.15) is 54.5 Å². The molecule has 1 aromatic rings. The van der Waals surface area contributed by atoms with Gasteiger partial charge in [-0.2, -0.15) is 0 Å². The van der Waals surface area contributed by atoms with E-state index in [1.54, 1.807) is 0 Å². The fourth-order valence-electron chi connectivity index (χ4n) is 1.83. The van der Waals surface area contributed by atoms with E-state index in [0.717, 1.165) is 12.8 Å². The summed E-state index contributed by atoms with van der Waals surface area (Å²) in [7, 11) is 0. The van der Waals surface area contributed by atoms with Crippen LogP contribution in [0.25, 0.3) is 0 Å². The predicted octanol–water partition coefficient (Wildman–Crippen LogP) is 2.34. The molecule has 5 nitrogen and oxygen atoms in total. The van der Waals surface area contributed by atoms with Gasteiger partial charge in [-0.15, -0.1) is 0 Å². The second kappa shape index (κ2) is 6.31. The molecule has 1 heterocycles. The van der Waals surface area contributed by atoms with Gasteiger partial charge in [0.2, 0.25) is 0 Å². The summed E-state index contributed by atoms with van der Waals surface area (Å²) >= 11 is 0. The van der Waals surface area contributed by atoms with Gasteiger partial charge in [0.25, 0.3) is 5.91 Å². The van der Waals surface area contributed by atoms with Gasteiger partial charge in [-0.1, -0.05) is 27.2 Å². The first-order valence-corrected chi connectivity index (χ1v) is 6.33. The second-order valence-electron chi connectivity index (χ2n) is 5.33. The highest BCUT2D eigenvalue weighted by Crippen LogP contribution is 2.20. The molecule has 1 rings (SSSR count). The molecule has 0 aromatic carbocycles. The van der Waals surface area contributed by atoms with Gasteiger partial charge in [-0.3, -0.25) is 9.78 Å². The predicted molar refractivity (Wildman–Crippen MR) is 72.2 cm³/mol. The quantitative estimate of drug-likeness (QED) is 0.826. The van der Waals surface area contributed by atoms with Gasteiger partial charge in [0.1, 0.15) is 5.69 Å². The summed E-state index contributed by atoms with van der Waals surface area (Å²) in [6, 6.07) is 2.80. The number of nitrogens with one attached hydrogen (secondary N) is 1. The van der Waals surface area contributed by atoms with Gasteiger partial charge < -0.3 is 10.4 Å². The third-order valence-corrected chi connectivity index (χ3v) is 2.90. The number of hydrogen-bond donors (Lipinski definition) is 2. The fraction of sp³-hybridized carbons (Fsp3) is 0.500. The molecule has 0 aliphatic heterocycles. The van der Waals surface area contributed by atoms with Gasteiger partial charge in [-0.25, -0.2) is 4.79 Å². The summed E-state index contributed by atoms with van der Waals surface area (Å²) in [6.45, 7) is 6.87. The van der Waals surface area contributed by atoms with Gasteiger partial charge in [0, 0.05) is 12.7 Å². The van der Waals surface area contributed by atoms with E-state index in [2.05, 4.69) is 31.1 Å². The Balaban J connectivity index is 2.61. The average Bonchev–Trinajstić information content (AvgIpc) is 2.36. The van der Waals surface area contributed by atoms with E-state index in [1.807, 2.05) is 0 Å².